The smallest absolute Gasteiger partial charge is 0.330 e. The van der Waals surface area contributed by atoms with Gasteiger partial charge < -0.3 is 5.73 Å². The SMILES string of the molecule is NCC1(c2ccc(C(F)(F)F)nc2)CCC(F)(F)CC1. The van der Waals surface area contributed by atoms with E-state index in [9.17, 15) is 22.0 Å². The number of hydrogen-bond acceptors (Lipinski definition) is 2. The maximum absolute atomic E-state index is 13.2. The standard InChI is InChI=1S/C13H15F5N2/c14-12(15)5-3-11(8-19,4-6-12)9-1-2-10(20-7-9)13(16,17)18/h1-2,7H,3-6,8,19H2. The van der Waals surface area contributed by atoms with Gasteiger partial charge in [-0.25, -0.2) is 8.78 Å². The maximum Gasteiger partial charge on any atom is 0.433 e. The minimum absolute atomic E-state index is 0.121. The minimum atomic E-state index is -4.51. The number of pyridine rings is 1. The molecule has 2 rings (SSSR count). The molecule has 1 aromatic heterocycles. The van der Waals surface area contributed by atoms with Crippen LogP contribution in [-0.2, 0) is 11.6 Å². The Morgan fingerprint density at radius 2 is 1.70 bits per heavy atom. The van der Waals surface area contributed by atoms with Crippen LogP contribution in [0.1, 0.15) is 36.9 Å². The molecule has 0 aliphatic heterocycles. The molecule has 1 saturated carbocycles. The fourth-order valence-electron chi connectivity index (χ4n) is 2.58. The fourth-order valence-corrected chi connectivity index (χ4v) is 2.58. The fraction of sp³-hybridized carbons (Fsp3) is 0.615. The molecule has 2 N–H and O–H groups in total. The number of aromatic nitrogens is 1. The summed E-state index contributed by atoms with van der Waals surface area (Å²) in [5.74, 6) is -2.71. The second-order valence-corrected chi connectivity index (χ2v) is 5.27. The topological polar surface area (TPSA) is 38.9 Å². The summed E-state index contributed by atoms with van der Waals surface area (Å²) in [6.45, 7) is 0.121. The molecule has 0 amide bonds. The van der Waals surface area contributed by atoms with E-state index in [-0.39, 0.29) is 32.2 Å². The third-order valence-electron chi connectivity index (χ3n) is 4.00. The van der Waals surface area contributed by atoms with Crippen LogP contribution in [0.3, 0.4) is 0 Å². The van der Waals surface area contributed by atoms with Gasteiger partial charge in [-0.2, -0.15) is 13.2 Å². The summed E-state index contributed by atoms with van der Waals surface area (Å²) in [4.78, 5) is 3.39. The molecule has 1 aromatic rings. The van der Waals surface area contributed by atoms with Crippen LogP contribution in [-0.4, -0.2) is 17.5 Å². The van der Waals surface area contributed by atoms with Crippen molar-refractivity contribution in [2.75, 3.05) is 6.54 Å². The number of nitrogens with zero attached hydrogens (tertiary/aromatic N) is 1. The molecule has 1 aliphatic carbocycles. The first-order valence-electron chi connectivity index (χ1n) is 6.30. The van der Waals surface area contributed by atoms with E-state index in [1.807, 2.05) is 0 Å². The monoisotopic (exact) mass is 294 g/mol. The van der Waals surface area contributed by atoms with Crippen molar-refractivity contribution in [3.63, 3.8) is 0 Å². The number of hydrogen-bond donors (Lipinski definition) is 1. The van der Waals surface area contributed by atoms with E-state index in [0.717, 1.165) is 12.3 Å². The predicted octanol–water partition coefficient (Wildman–Crippen LogP) is 3.51. The van der Waals surface area contributed by atoms with Crippen LogP contribution in [0.4, 0.5) is 22.0 Å². The van der Waals surface area contributed by atoms with Crippen molar-refractivity contribution in [2.45, 2.75) is 43.2 Å². The summed E-state index contributed by atoms with van der Waals surface area (Å²) >= 11 is 0. The molecular formula is C13H15F5N2. The zero-order chi connectivity index (χ0) is 15.0. The van der Waals surface area contributed by atoms with Gasteiger partial charge in [-0.3, -0.25) is 4.98 Å². The number of rotatable bonds is 2. The van der Waals surface area contributed by atoms with Gasteiger partial charge in [0.15, 0.2) is 0 Å². The van der Waals surface area contributed by atoms with Crippen molar-refractivity contribution in [2.24, 2.45) is 5.73 Å². The number of nitrogens with two attached hydrogens (primary N) is 1. The van der Waals surface area contributed by atoms with Crippen LogP contribution in [0, 0.1) is 0 Å². The highest BCUT2D eigenvalue weighted by Crippen LogP contribution is 2.45. The van der Waals surface area contributed by atoms with Crippen molar-refractivity contribution >= 4 is 0 Å². The van der Waals surface area contributed by atoms with Crippen molar-refractivity contribution < 1.29 is 22.0 Å². The molecule has 1 heterocycles. The molecule has 7 heteroatoms. The summed E-state index contributed by atoms with van der Waals surface area (Å²) < 4.78 is 63.8. The van der Waals surface area contributed by atoms with Crippen LogP contribution in [0.25, 0.3) is 0 Å². The van der Waals surface area contributed by atoms with Gasteiger partial charge in [0.1, 0.15) is 5.69 Å². The van der Waals surface area contributed by atoms with Crippen molar-refractivity contribution in [3.05, 3.63) is 29.6 Å². The number of halogens is 5. The molecule has 0 spiro atoms. The highest BCUT2D eigenvalue weighted by molar-refractivity contribution is 5.26. The second kappa shape index (κ2) is 4.95. The summed E-state index contributed by atoms with van der Waals surface area (Å²) in [5.41, 5.74) is 4.50. The molecule has 2 nitrogen and oxygen atoms in total. The van der Waals surface area contributed by atoms with Crippen LogP contribution in [0.15, 0.2) is 18.3 Å². The van der Waals surface area contributed by atoms with Gasteiger partial charge in [0.2, 0.25) is 5.92 Å². The first kappa shape index (κ1) is 15.2. The number of alkyl halides is 5. The maximum atomic E-state index is 13.2. The molecular weight excluding hydrogens is 279 g/mol. The van der Waals surface area contributed by atoms with E-state index >= 15 is 0 Å². The Hall–Kier alpha value is -1.24. The lowest BCUT2D eigenvalue weighted by molar-refractivity contribution is -0.141. The highest BCUT2D eigenvalue weighted by atomic mass is 19.4. The Morgan fingerprint density at radius 3 is 2.10 bits per heavy atom. The molecule has 0 unspecified atom stereocenters. The molecule has 0 bridgehead atoms. The highest BCUT2D eigenvalue weighted by Gasteiger charge is 2.44. The first-order chi connectivity index (χ1) is 9.19. The third kappa shape index (κ3) is 2.92. The average Bonchev–Trinajstić information content (AvgIpc) is 2.39. The van der Waals surface area contributed by atoms with Crippen molar-refractivity contribution in [1.29, 1.82) is 0 Å². The summed E-state index contributed by atoms with van der Waals surface area (Å²) in [6.07, 6.45) is -3.68. The van der Waals surface area contributed by atoms with Gasteiger partial charge in [-0.15, -0.1) is 0 Å². The molecule has 1 aliphatic rings. The molecule has 20 heavy (non-hydrogen) atoms. The van der Waals surface area contributed by atoms with Gasteiger partial charge in [0, 0.05) is 31.0 Å². The van der Waals surface area contributed by atoms with Gasteiger partial charge in [-0.05, 0) is 24.5 Å². The van der Waals surface area contributed by atoms with E-state index < -0.39 is 23.2 Å². The summed E-state index contributed by atoms with van der Waals surface area (Å²) in [5, 5.41) is 0. The average molecular weight is 294 g/mol. The van der Waals surface area contributed by atoms with Gasteiger partial charge >= 0.3 is 6.18 Å². The summed E-state index contributed by atoms with van der Waals surface area (Å²) in [7, 11) is 0. The Balaban J connectivity index is 2.25. The van der Waals surface area contributed by atoms with Crippen molar-refractivity contribution in [1.82, 2.24) is 4.98 Å². The molecule has 0 atom stereocenters. The summed E-state index contributed by atoms with van der Waals surface area (Å²) in [6, 6.07) is 2.17. The predicted molar refractivity (Wildman–Crippen MR) is 63.4 cm³/mol. The van der Waals surface area contributed by atoms with E-state index in [1.54, 1.807) is 0 Å². The Kier molecular flexibility index (Phi) is 3.75. The minimum Gasteiger partial charge on any atom is -0.330 e. The lowest BCUT2D eigenvalue weighted by atomic mass is 9.69. The Labute approximate surface area is 113 Å². The first-order valence-corrected chi connectivity index (χ1v) is 6.30. The van der Waals surface area contributed by atoms with Crippen LogP contribution >= 0.6 is 0 Å². The van der Waals surface area contributed by atoms with E-state index in [0.29, 0.717) is 5.56 Å². The van der Waals surface area contributed by atoms with Gasteiger partial charge in [0.25, 0.3) is 0 Å². The van der Waals surface area contributed by atoms with Gasteiger partial charge in [0.05, 0.1) is 0 Å². The Morgan fingerprint density at radius 1 is 1.10 bits per heavy atom. The zero-order valence-electron chi connectivity index (χ0n) is 10.7. The molecule has 0 saturated heterocycles. The quantitative estimate of drug-likeness (QED) is 0.848. The zero-order valence-corrected chi connectivity index (χ0v) is 10.7. The van der Waals surface area contributed by atoms with Crippen LogP contribution in [0.5, 0.6) is 0 Å². The largest absolute Gasteiger partial charge is 0.433 e. The van der Waals surface area contributed by atoms with Gasteiger partial charge in [-0.1, -0.05) is 6.07 Å². The normalized spacial score (nSPS) is 21.7. The van der Waals surface area contributed by atoms with Crippen LogP contribution < -0.4 is 5.73 Å². The molecule has 112 valence electrons. The van der Waals surface area contributed by atoms with E-state index in [2.05, 4.69) is 4.98 Å². The van der Waals surface area contributed by atoms with Crippen LogP contribution in [0.2, 0.25) is 0 Å². The molecule has 1 fully saturated rings. The van der Waals surface area contributed by atoms with Crippen molar-refractivity contribution in [3.8, 4) is 0 Å². The van der Waals surface area contributed by atoms with E-state index in [4.69, 9.17) is 5.73 Å². The molecule has 0 radical (unpaired) electrons. The lowest BCUT2D eigenvalue weighted by Gasteiger charge is -2.39. The molecule has 0 aromatic carbocycles. The lowest BCUT2D eigenvalue weighted by Crippen LogP contribution is -2.42. The van der Waals surface area contributed by atoms with E-state index in [1.165, 1.54) is 6.07 Å². The third-order valence-corrected chi connectivity index (χ3v) is 4.00. The Bertz CT molecular complexity index is 457. The second-order valence-electron chi connectivity index (χ2n) is 5.27.